The van der Waals surface area contributed by atoms with Crippen molar-refractivity contribution in [3.8, 4) is 0 Å². The SMILES string of the molecule is C=C1CC[C@H](C=CCCCCCC)[C@H]1CC=CCCC(OC1CCCCO1)(OC1CCCCO1)C(=O)O. The molecule has 6 nitrogen and oxygen atoms in total. The van der Waals surface area contributed by atoms with Crippen LogP contribution in [-0.2, 0) is 23.7 Å². The van der Waals surface area contributed by atoms with Crippen LogP contribution in [0.25, 0.3) is 0 Å². The van der Waals surface area contributed by atoms with E-state index in [1.807, 2.05) is 0 Å². The van der Waals surface area contributed by atoms with Crippen molar-refractivity contribution in [3.63, 3.8) is 0 Å². The molecule has 0 spiro atoms. The highest BCUT2D eigenvalue weighted by molar-refractivity contribution is 5.75. The number of carbonyl (C=O) groups is 1. The van der Waals surface area contributed by atoms with E-state index in [0.29, 0.717) is 44.3 Å². The zero-order chi connectivity index (χ0) is 26.3. The minimum Gasteiger partial charge on any atom is -0.477 e. The van der Waals surface area contributed by atoms with E-state index in [0.717, 1.165) is 44.9 Å². The molecular weight excluding hydrogens is 468 g/mol. The number of hydrogen-bond acceptors (Lipinski definition) is 5. The fourth-order valence-electron chi connectivity index (χ4n) is 5.59. The molecule has 1 saturated carbocycles. The number of hydrogen-bond donors (Lipinski definition) is 1. The highest BCUT2D eigenvalue weighted by atomic mass is 16.8. The number of rotatable bonds is 16. The Morgan fingerprint density at radius 1 is 0.973 bits per heavy atom. The lowest BCUT2D eigenvalue weighted by Crippen LogP contribution is -2.51. The second-order valence-electron chi connectivity index (χ2n) is 10.9. The largest absolute Gasteiger partial charge is 0.477 e. The van der Waals surface area contributed by atoms with Gasteiger partial charge in [0.05, 0.1) is 0 Å². The normalized spacial score (nSPS) is 28.7. The Hall–Kier alpha value is -1.47. The Labute approximate surface area is 224 Å². The van der Waals surface area contributed by atoms with Gasteiger partial charge in [-0.15, -0.1) is 0 Å². The number of allylic oxidation sites excluding steroid dienone is 5. The number of unbranched alkanes of at least 4 members (excludes halogenated alkanes) is 4. The van der Waals surface area contributed by atoms with Gasteiger partial charge in [0.1, 0.15) is 0 Å². The second kappa shape index (κ2) is 16.5. The fraction of sp³-hybridized carbons (Fsp3) is 0.774. The first kappa shape index (κ1) is 30.1. The minimum atomic E-state index is -1.77. The van der Waals surface area contributed by atoms with Crippen molar-refractivity contribution in [3.05, 3.63) is 36.5 Å². The average molecular weight is 519 g/mol. The summed E-state index contributed by atoms with van der Waals surface area (Å²) in [6, 6.07) is 0. The summed E-state index contributed by atoms with van der Waals surface area (Å²) in [4.78, 5) is 12.5. The molecule has 3 fully saturated rings. The molecule has 1 N–H and O–H groups in total. The van der Waals surface area contributed by atoms with Crippen LogP contribution >= 0.6 is 0 Å². The first-order chi connectivity index (χ1) is 18.0. The lowest BCUT2D eigenvalue weighted by atomic mass is 9.90. The van der Waals surface area contributed by atoms with E-state index >= 15 is 0 Å². The molecule has 6 heteroatoms. The van der Waals surface area contributed by atoms with Crippen molar-refractivity contribution >= 4 is 5.97 Å². The molecule has 2 unspecified atom stereocenters. The van der Waals surface area contributed by atoms with Gasteiger partial charge in [-0.05, 0) is 88.9 Å². The monoisotopic (exact) mass is 518 g/mol. The molecule has 37 heavy (non-hydrogen) atoms. The predicted molar refractivity (Wildman–Crippen MR) is 146 cm³/mol. The molecule has 0 aromatic heterocycles. The summed E-state index contributed by atoms with van der Waals surface area (Å²) in [6.45, 7) is 7.75. The average Bonchev–Trinajstić information content (AvgIpc) is 3.25. The molecule has 0 radical (unpaired) electrons. The van der Waals surface area contributed by atoms with Crippen LogP contribution < -0.4 is 0 Å². The van der Waals surface area contributed by atoms with Crippen molar-refractivity contribution < 1.29 is 28.8 Å². The first-order valence-electron chi connectivity index (χ1n) is 14.9. The Morgan fingerprint density at radius 3 is 2.27 bits per heavy atom. The summed E-state index contributed by atoms with van der Waals surface area (Å²) in [7, 11) is 0. The quantitative estimate of drug-likeness (QED) is 0.128. The zero-order valence-corrected chi connectivity index (χ0v) is 23.0. The van der Waals surface area contributed by atoms with Gasteiger partial charge in [-0.25, -0.2) is 4.79 Å². The third-order valence-electron chi connectivity index (χ3n) is 7.89. The molecule has 3 aliphatic rings. The van der Waals surface area contributed by atoms with E-state index in [2.05, 4.69) is 37.8 Å². The van der Waals surface area contributed by atoms with Gasteiger partial charge in [0.2, 0.25) is 0 Å². The number of aliphatic carboxylic acids is 1. The van der Waals surface area contributed by atoms with Gasteiger partial charge in [0.15, 0.2) is 12.6 Å². The smallest absolute Gasteiger partial charge is 0.364 e. The van der Waals surface area contributed by atoms with Crippen molar-refractivity contribution in [2.75, 3.05) is 13.2 Å². The molecule has 2 saturated heterocycles. The number of carboxylic acid groups (broad SMARTS) is 1. The molecule has 2 heterocycles. The van der Waals surface area contributed by atoms with Gasteiger partial charge in [-0.1, -0.05) is 62.6 Å². The van der Waals surface area contributed by atoms with Crippen LogP contribution in [0.5, 0.6) is 0 Å². The van der Waals surface area contributed by atoms with Crippen LogP contribution in [0, 0.1) is 11.8 Å². The Morgan fingerprint density at radius 2 is 1.68 bits per heavy atom. The molecule has 2 aliphatic heterocycles. The predicted octanol–water partition coefficient (Wildman–Crippen LogP) is 7.69. The maximum atomic E-state index is 12.5. The van der Waals surface area contributed by atoms with Crippen molar-refractivity contribution in [1.82, 2.24) is 0 Å². The van der Waals surface area contributed by atoms with Crippen LogP contribution in [0.15, 0.2) is 36.5 Å². The van der Waals surface area contributed by atoms with Crippen LogP contribution in [-0.4, -0.2) is 42.7 Å². The van der Waals surface area contributed by atoms with E-state index < -0.39 is 24.3 Å². The summed E-state index contributed by atoms with van der Waals surface area (Å²) in [5.74, 6) is -1.86. The van der Waals surface area contributed by atoms with Gasteiger partial charge in [-0.3, -0.25) is 0 Å². The van der Waals surface area contributed by atoms with Gasteiger partial charge in [-0.2, -0.15) is 0 Å². The highest BCUT2D eigenvalue weighted by Gasteiger charge is 2.46. The van der Waals surface area contributed by atoms with Gasteiger partial charge in [0.25, 0.3) is 5.79 Å². The summed E-state index contributed by atoms with van der Waals surface area (Å²) >= 11 is 0. The van der Waals surface area contributed by atoms with Crippen molar-refractivity contribution in [1.29, 1.82) is 0 Å². The van der Waals surface area contributed by atoms with E-state index in [-0.39, 0.29) is 6.42 Å². The summed E-state index contributed by atoms with van der Waals surface area (Å²) in [5.41, 5.74) is 1.33. The van der Waals surface area contributed by atoms with Gasteiger partial charge in [0, 0.05) is 19.6 Å². The van der Waals surface area contributed by atoms with E-state index in [1.165, 1.54) is 37.7 Å². The maximum absolute atomic E-state index is 12.5. The molecular formula is C31H50O6. The second-order valence-corrected chi connectivity index (χ2v) is 10.9. The zero-order valence-electron chi connectivity index (χ0n) is 23.0. The highest BCUT2D eigenvalue weighted by Crippen LogP contribution is 2.39. The maximum Gasteiger partial charge on any atom is 0.364 e. The van der Waals surface area contributed by atoms with Crippen LogP contribution in [0.3, 0.4) is 0 Å². The third kappa shape index (κ3) is 9.97. The molecule has 3 rings (SSSR count). The summed E-state index contributed by atoms with van der Waals surface area (Å²) in [5, 5.41) is 10.2. The lowest BCUT2D eigenvalue weighted by Gasteiger charge is -2.37. The van der Waals surface area contributed by atoms with Crippen LogP contribution in [0.1, 0.15) is 110 Å². The minimum absolute atomic E-state index is 0.214. The van der Waals surface area contributed by atoms with Gasteiger partial charge >= 0.3 is 5.97 Å². The molecule has 0 aromatic carbocycles. The van der Waals surface area contributed by atoms with E-state index in [1.54, 1.807) is 0 Å². The Balaban J connectivity index is 1.54. The number of ether oxygens (including phenoxy) is 4. The van der Waals surface area contributed by atoms with Crippen molar-refractivity contribution in [2.24, 2.45) is 11.8 Å². The molecule has 4 atom stereocenters. The molecule has 0 aromatic rings. The molecule has 210 valence electrons. The Bertz CT molecular complexity index is 712. The van der Waals surface area contributed by atoms with E-state index in [9.17, 15) is 9.90 Å². The summed E-state index contributed by atoms with van der Waals surface area (Å²) in [6.07, 6.45) is 23.4. The van der Waals surface area contributed by atoms with Crippen LogP contribution in [0.2, 0.25) is 0 Å². The summed E-state index contributed by atoms with van der Waals surface area (Å²) < 4.78 is 23.5. The lowest BCUT2D eigenvalue weighted by molar-refractivity contribution is -0.352. The fourth-order valence-corrected chi connectivity index (χ4v) is 5.59. The van der Waals surface area contributed by atoms with Crippen molar-refractivity contribution in [2.45, 2.75) is 128 Å². The topological polar surface area (TPSA) is 74.2 Å². The standard InChI is InChI=1S/C31H50O6/c1-3-4-5-6-7-9-16-26-21-20-25(2)27(26)17-10-8-13-22-31(30(32)33,36-28-18-11-14-23-34-28)37-29-19-12-15-24-35-29/h8-10,16,26-29H,2-7,11-15,17-24H2,1H3,(H,32,33)/t26-,27-,28?,29?,31?/m0/s1. The van der Waals surface area contributed by atoms with Crippen LogP contribution in [0.4, 0.5) is 0 Å². The molecule has 0 bridgehead atoms. The van der Waals surface area contributed by atoms with Gasteiger partial charge < -0.3 is 24.1 Å². The first-order valence-corrected chi connectivity index (χ1v) is 14.9. The number of carboxylic acids is 1. The molecule has 1 aliphatic carbocycles. The van der Waals surface area contributed by atoms with E-state index in [4.69, 9.17) is 18.9 Å². The molecule has 0 amide bonds. The Kier molecular flexibility index (Phi) is 13.4. The third-order valence-corrected chi connectivity index (χ3v) is 7.89.